The number of allylic oxidation sites excluding steroid dienone is 8. The fraction of sp³-hybridized carbons (Fsp3) is 0.259. The summed E-state index contributed by atoms with van der Waals surface area (Å²) in [6.45, 7) is 1.62. The molecule has 2 aliphatic rings. The van der Waals surface area contributed by atoms with E-state index in [1.165, 1.54) is 6.08 Å². The Bertz CT molecular complexity index is 1420. The Hall–Kier alpha value is -3.64. The largest absolute Gasteiger partial charge is 0.432 e. The molecule has 3 atom stereocenters. The van der Waals surface area contributed by atoms with Gasteiger partial charge in [0.05, 0.1) is 5.92 Å². The van der Waals surface area contributed by atoms with Gasteiger partial charge in [-0.3, -0.25) is 0 Å². The van der Waals surface area contributed by atoms with E-state index in [1.54, 1.807) is 13.0 Å². The summed E-state index contributed by atoms with van der Waals surface area (Å²) in [5.41, 5.74) is -4.77. The molecular weight excluding hydrogens is 568 g/mol. The third-order valence-electron chi connectivity index (χ3n) is 6.31. The van der Waals surface area contributed by atoms with Crippen LogP contribution in [-0.4, -0.2) is 6.17 Å². The van der Waals surface area contributed by atoms with Crippen LogP contribution in [0.3, 0.4) is 0 Å². The molecule has 2 aliphatic carbocycles. The average molecular weight is 584 g/mol. The number of hydrogen-bond acceptors (Lipinski definition) is 1. The predicted octanol–water partition coefficient (Wildman–Crippen LogP) is 9.42. The molecule has 0 aliphatic heterocycles. The molecule has 0 saturated heterocycles. The van der Waals surface area contributed by atoms with E-state index in [0.717, 1.165) is 12.2 Å². The first-order valence-electron chi connectivity index (χ1n) is 11.4. The first-order chi connectivity index (χ1) is 18.5. The van der Waals surface area contributed by atoms with E-state index in [4.69, 9.17) is 0 Å². The molecule has 0 N–H and O–H groups in total. The van der Waals surface area contributed by atoms with Gasteiger partial charge in [0.2, 0.25) is 0 Å². The zero-order chi connectivity index (χ0) is 29.7. The fourth-order valence-corrected chi connectivity index (χ4v) is 4.51. The van der Waals surface area contributed by atoms with Crippen LogP contribution in [-0.2, 0) is 12.3 Å². The molecule has 0 bridgehead atoms. The third kappa shape index (κ3) is 5.64. The Morgan fingerprint density at radius 1 is 0.750 bits per heavy atom. The van der Waals surface area contributed by atoms with Crippen molar-refractivity contribution >= 4 is 0 Å². The lowest BCUT2D eigenvalue weighted by Gasteiger charge is -2.27. The van der Waals surface area contributed by atoms with Gasteiger partial charge < -0.3 is 4.74 Å². The van der Waals surface area contributed by atoms with Gasteiger partial charge in [0.1, 0.15) is 58.0 Å². The second-order valence-corrected chi connectivity index (χ2v) is 9.12. The van der Waals surface area contributed by atoms with E-state index in [2.05, 4.69) is 4.74 Å². The van der Waals surface area contributed by atoms with Gasteiger partial charge in [0, 0.05) is 18.1 Å². The maximum absolute atomic E-state index is 15.0. The topological polar surface area (TPSA) is 9.23 Å². The number of benzene rings is 2. The Labute approximate surface area is 218 Å². The lowest BCUT2D eigenvalue weighted by molar-refractivity contribution is -0.189. The lowest BCUT2D eigenvalue weighted by Crippen LogP contribution is -2.26. The molecule has 2 aromatic rings. The van der Waals surface area contributed by atoms with Crippen molar-refractivity contribution in [1.82, 2.24) is 0 Å². The maximum Gasteiger partial charge on any atom is 0.432 e. The van der Waals surface area contributed by atoms with Crippen molar-refractivity contribution in [2.45, 2.75) is 37.7 Å². The smallest absolute Gasteiger partial charge is 0.429 e. The van der Waals surface area contributed by atoms with Crippen LogP contribution in [0.4, 0.5) is 52.7 Å². The summed E-state index contributed by atoms with van der Waals surface area (Å²) in [6.07, 6.45) is -8.30. The van der Waals surface area contributed by atoms with Crippen molar-refractivity contribution < 1.29 is 57.4 Å². The Kier molecular flexibility index (Phi) is 7.63. The first kappa shape index (κ1) is 29.3. The first-order valence-corrected chi connectivity index (χ1v) is 11.4. The van der Waals surface area contributed by atoms with Gasteiger partial charge >= 0.3 is 12.3 Å². The second kappa shape index (κ2) is 10.4. The van der Waals surface area contributed by atoms with Crippen LogP contribution in [0.25, 0.3) is 0 Å². The predicted molar refractivity (Wildman–Crippen MR) is 118 cm³/mol. The highest BCUT2D eigenvalue weighted by atomic mass is 19.4. The Morgan fingerprint density at radius 2 is 1.30 bits per heavy atom. The molecule has 40 heavy (non-hydrogen) atoms. The highest BCUT2D eigenvalue weighted by molar-refractivity contribution is 5.45. The number of hydrogen-bond donors (Lipinski definition) is 0. The number of alkyl halides is 6. The van der Waals surface area contributed by atoms with Gasteiger partial charge in [0.25, 0.3) is 0 Å². The van der Waals surface area contributed by atoms with Crippen molar-refractivity contribution in [1.29, 1.82) is 0 Å². The monoisotopic (exact) mass is 584 g/mol. The van der Waals surface area contributed by atoms with Gasteiger partial charge in [-0.2, -0.15) is 22.0 Å². The van der Waals surface area contributed by atoms with E-state index < -0.39 is 87.7 Å². The number of halogens is 12. The molecule has 0 fully saturated rings. The number of ether oxygens (including phenoxy) is 1. The molecule has 3 unspecified atom stereocenters. The van der Waals surface area contributed by atoms with E-state index in [1.807, 2.05) is 0 Å². The van der Waals surface area contributed by atoms with Crippen LogP contribution in [0.1, 0.15) is 36.0 Å². The van der Waals surface area contributed by atoms with E-state index in [9.17, 15) is 52.7 Å². The summed E-state index contributed by atoms with van der Waals surface area (Å²) in [5, 5.41) is 0. The van der Waals surface area contributed by atoms with Crippen molar-refractivity contribution in [3.8, 4) is 5.75 Å². The number of rotatable bonds is 5. The maximum atomic E-state index is 15.0. The average Bonchev–Trinajstić information content (AvgIpc) is 2.76. The van der Waals surface area contributed by atoms with Crippen LogP contribution in [0.5, 0.6) is 5.75 Å². The standard InChI is InChI=1S/C27H16F12O/c1-11-2-3-15(16(28)4-11)12-5-17(29)23(18(30)6-12)13-7-19(31)25(20(32)8-13)27(38,39)40-14-9-21(33)24(22(34)10-14)26(35,36)37/h2,4-10,15,17,23H,3H2,1H3. The zero-order valence-corrected chi connectivity index (χ0v) is 20.0. The molecule has 0 radical (unpaired) electrons. The molecule has 2 aromatic carbocycles. The molecule has 0 aromatic heterocycles. The van der Waals surface area contributed by atoms with Crippen molar-refractivity contribution in [2.24, 2.45) is 5.92 Å². The Morgan fingerprint density at radius 3 is 1.80 bits per heavy atom. The van der Waals surface area contributed by atoms with Crippen LogP contribution in [0.15, 0.2) is 71.4 Å². The zero-order valence-electron chi connectivity index (χ0n) is 20.0. The quantitative estimate of drug-likeness (QED) is 0.318. The van der Waals surface area contributed by atoms with Crippen LogP contribution in [0.2, 0.25) is 0 Å². The summed E-state index contributed by atoms with van der Waals surface area (Å²) >= 11 is 0. The van der Waals surface area contributed by atoms with Crippen LogP contribution < -0.4 is 4.74 Å². The molecule has 0 amide bonds. The fourth-order valence-electron chi connectivity index (χ4n) is 4.51. The van der Waals surface area contributed by atoms with Crippen molar-refractivity contribution in [3.63, 3.8) is 0 Å². The van der Waals surface area contributed by atoms with Gasteiger partial charge in [-0.25, -0.2) is 30.7 Å². The normalized spacial score (nSPS) is 21.9. The molecule has 13 heteroatoms. The summed E-state index contributed by atoms with van der Waals surface area (Å²) in [5.74, 6) is -15.3. The molecule has 0 spiro atoms. The van der Waals surface area contributed by atoms with Crippen molar-refractivity contribution in [2.75, 3.05) is 0 Å². The molecular formula is C27H16F12O. The minimum absolute atomic E-state index is 0.0766. The Balaban J connectivity index is 1.62. The molecule has 4 rings (SSSR count). The van der Waals surface area contributed by atoms with Crippen molar-refractivity contribution in [3.05, 3.63) is 111 Å². The van der Waals surface area contributed by atoms with E-state index in [-0.39, 0.29) is 36.3 Å². The van der Waals surface area contributed by atoms with E-state index >= 15 is 0 Å². The summed E-state index contributed by atoms with van der Waals surface area (Å²) < 4.78 is 172. The highest BCUT2D eigenvalue weighted by Gasteiger charge is 2.44. The minimum Gasteiger partial charge on any atom is -0.429 e. The van der Waals surface area contributed by atoms with Crippen LogP contribution in [0, 0.1) is 29.2 Å². The second-order valence-electron chi connectivity index (χ2n) is 9.12. The molecule has 0 saturated carbocycles. The SMILES string of the molecule is CC1=CCC(C2=CC(F)C(c3cc(F)c(C(F)(F)Oc4cc(F)c(C(F)(F)F)c(F)c4)c(F)c3)C(F)=C2)C(F)=C1. The minimum atomic E-state index is -5.52. The van der Waals surface area contributed by atoms with Gasteiger partial charge in [-0.1, -0.05) is 11.6 Å². The summed E-state index contributed by atoms with van der Waals surface area (Å²) in [4.78, 5) is 0. The summed E-state index contributed by atoms with van der Waals surface area (Å²) in [6, 6.07) is -0.156. The van der Waals surface area contributed by atoms with Gasteiger partial charge in [0.15, 0.2) is 0 Å². The van der Waals surface area contributed by atoms with E-state index in [0.29, 0.717) is 5.57 Å². The van der Waals surface area contributed by atoms with Gasteiger partial charge in [-0.15, -0.1) is 0 Å². The highest BCUT2D eigenvalue weighted by Crippen LogP contribution is 2.44. The van der Waals surface area contributed by atoms with Crippen LogP contribution >= 0.6 is 0 Å². The molecule has 1 nitrogen and oxygen atoms in total. The summed E-state index contributed by atoms with van der Waals surface area (Å²) in [7, 11) is 0. The third-order valence-corrected chi connectivity index (χ3v) is 6.31. The van der Waals surface area contributed by atoms with Gasteiger partial charge in [-0.05, 0) is 54.8 Å². The molecule has 214 valence electrons. The lowest BCUT2D eigenvalue weighted by atomic mass is 9.81. The molecule has 0 heterocycles.